The third-order valence-corrected chi connectivity index (χ3v) is 3.11. The predicted octanol–water partition coefficient (Wildman–Crippen LogP) is 0.100. The molecule has 0 aromatic heterocycles. The standard InChI is InChI=1S/C17H23NO8/c1-2-26-17(23)14(9-12-3-5-13(19)6-4-12)18-15(20)10-24-7-8-25-11-16(21)22/h3-6,14,19H,2,7-11H2,1H3,(H,18,20)(H,21,22). The molecule has 0 saturated heterocycles. The molecule has 1 aromatic carbocycles. The lowest BCUT2D eigenvalue weighted by Crippen LogP contribution is -2.45. The van der Waals surface area contributed by atoms with Crippen LogP contribution in [-0.4, -0.2) is 67.1 Å². The van der Waals surface area contributed by atoms with Gasteiger partial charge in [0.25, 0.3) is 0 Å². The molecule has 1 aromatic rings. The Balaban J connectivity index is 2.46. The van der Waals surface area contributed by atoms with Crippen molar-refractivity contribution in [2.45, 2.75) is 19.4 Å². The van der Waals surface area contributed by atoms with E-state index in [1.54, 1.807) is 19.1 Å². The fraction of sp³-hybridized carbons (Fsp3) is 0.471. The Bertz CT molecular complexity index is 587. The molecular formula is C17H23NO8. The van der Waals surface area contributed by atoms with Gasteiger partial charge in [0, 0.05) is 6.42 Å². The number of phenolic OH excluding ortho intramolecular Hbond substituents is 1. The summed E-state index contributed by atoms with van der Waals surface area (Å²) in [7, 11) is 0. The Hall–Kier alpha value is -2.65. The minimum absolute atomic E-state index is 0.0361. The third-order valence-electron chi connectivity index (χ3n) is 3.11. The Morgan fingerprint density at radius 3 is 2.27 bits per heavy atom. The van der Waals surface area contributed by atoms with Gasteiger partial charge in [-0.3, -0.25) is 4.79 Å². The molecule has 0 aliphatic carbocycles. The van der Waals surface area contributed by atoms with Gasteiger partial charge >= 0.3 is 11.9 Å². The second-order valence-electron chi connectivity index (χ2n) is 5.24. The second kappa shape index (κ2) is 11.8. The second-order valence-corrected chi connectivity index (χ2v) is 5.24. The maximum atomic E-state index is 12.0. The Labute approximate surface area is 150 Å². The number of phenols is 1. The number of ether oxygens (including phenoxy) is 3. The maximum Gasteiger partial charge on any atom is 0.329 e. The number of esters is 1. The fourth-order valence-electron chi connectivity index (χ4n) is 1.98. The smallest absolute Gasteiger partial charge is 0.329 e. The summed E-state index contributed by atoms with van der Waals surface area (Å²) in [5, 5.41) is 20.2. The van der Waals surface area contributed by atoms with Gasteiger partial charge in [0.1, 0.15) is 25.0 Å². The highest BCUT2D eigenvalue weighted by Gasteiger charge is 2.22. The highest BCUT2D eigenvalue weighted by atomic mass is 16.5. The number of carboxylic acid groups (broad SMARTS) is 1. The molecule has 0 aliphatic rings. The van der Waals surface area contributed by atoms with Crippen LogP contribution in [0.4, 0.5) is 0 Å². The zero-order valence-electron chi connectivity index (χ0n) is 14.5. The third kappa shape index (κ3) is 9.00. The van der Waals surface area contributed by atoms with Crippen molar-refractivity contribution in [3.63, 3.8) is 0 Å². The Morgan fingerprint density at radius 2 is 1.69 bits per heavy atom. The first-order chi connectivity index (χ1) is 12.4. The first kappa shape index (κ1) is 21.4. The number of carbonyl (C=O) groups is 3. The number of carbonyl (C=O) groups excluding carboxylic acids is 2. The molecule has 0 bridgehead atoms. The van der Waals surface area contributed by atoms with E-state index < -0.39 is 30.5 Å². The molecule has 26 heavy (non-hydrogen) atoms. The quantitative estimate of drug-likeness (QED) is 0.349. The van der Waals surface area contributed by atoms with Gasteiger partial charge in [-0.15, -0.1) is 0 Å². The SMILES string of the molecule is CCOC(=O)C(Cc1ccc(O)cc1)NC(=O)COCCOCC(=O)O. The van der Waals surface area contributed by atoms with Crippen LogP contribution < -0.4 is 5.32 Å². The zero-order chi connectivity index (χ0) is 19.4. The normalized spacial score (nSPS) is 11.6. The van der Waals surface area contributed by atoms with Crippen LogP contribution >= 0.6 is 0 Å². The minimum atomic E-state index is -1.09. The van der Waals surface area contributed by atoms with Crippen molar-refractivity contribution in [1.82, 2.24) is 5.32 Å². The van der Waals surface area contributed by atoms with E-state index in [4.69, 9.17) is 19.3 Å². The number of hydrogen-bond acceptors (Lipinski definition) is 7. The summed E-state index contributed by atoms with van der Waals surface area (Å²) in [5.74, 6) is -2.07. The fourth-order valence-corrected chi connectivity index (χ4v) is 1.98. The summed E-state index contributed by atoms with van der Waals surface area (Å²) in [5.41, 5.74) is 0.740. The number of benzene rings is 1. The highest BCUT2D eigenvalue weighted by molar-refractivity contribution is 5.85. The minimum Gasteiger partial charge on any atom is -0.508 e. The van der Waals surface area contributed by atoms with Crippen LogP contribution in [-0.2, 0) is 35.0 Å². The van der Waals surface area contributed by atoms with Crippen molar-refractivity contribution in [1.29, 1.82) is 0 Å². The molecule has 0 fully saturated rings. The van der Waals surface area contributed by atoms with Gasteiger partial charge in [0.2, 0.25) is 5.91 Å². The van der Waals surface area contributed by atoms with Crippen LogP contribution in [0, 0.1) is 0 Å². The van der Waals surface area contributed by atoms with Crippen molar-refractivity contribution in [3.05, 3.63) is 29.8 Å². The van der Waals surface area contributed by atoms with Crippen LogP contribution in [0.1, 0.15) is 12.5 Å². The molecule has 3 N–H and O–H groups in total. The molecule has 1 unspecified atom stereocenters. The summed E-state index contributed by atoms with van der Waals surface area (Å²) >= 11 is 0. The first-order valence-electron chi connectivity index (χ1n) is 8.03. The summed E-state index contributed by atoms with van der Waals surface area (Å²) in [6.07, 6.45) is 0.201. The molecule has 0 saturated carbocycles. The lowest BCUT2D eigenvalue weighted by molar-refractivity contribution is -0.148. The van der Waals surface area contributed by atoms with E-state index in [1.165, 1.54) is 12.1 Å². The number of hydrogen-bond donors (Lipinski definition) is 3. The van der Waals surface area contributed by atoms with Crippen molar-refractivity contribution >= 4 is 17.8 Å². The van der Waals surface area contributed by atoms with Crippen molar-refractivity contribution in [2.75, 3.05) is 33.0 Å². The van der Waals surface area contributed by atoms with Crippen LogP contribution in [0.5, 0.6) is 5.75 Å². The van der Waals surface area contributed by atoms with E-state index in [0.717, 1.165) is 5.56 Å². The van der Waals surface area contributed by atoms with Crippen LogP contribution in [0.3, 0.4) is 0 Å². The van der Waals surface area contributed by atoms with Gasteiger partial charge in [-0.2, -0.15) is 0 Å². The van der Waals surface area contributed by atoms with Crippen molar-refractivity contribution in [3.8, 4) is 5.75 Å². The average molecular weight is 369 g/mol. The molecule has 9 heteroatoms. The molecule has 0 heterocycles. The molecular weight excluding hydrogens is 346 g/mol. The number of nitrogens with one attached hydrogen (secondary N) is 1. The van der Waals surface area contributed by atoms with Gasteiger partial charge in [-0.05, 0) is 24.6 Å². The van der Waals surface area contributed by atoms with Crippen LogP contribution in [0.25, 0.3) is 0 Å². The summed E-state index contributed by atoms with van der Waals surface area (Å²) < 4.78 is 14.8. The van der Waals surface area contributed by atoms with Gasteiger partial charge < -0.3 is 29.7 Å². The molecule has 0 radical (unpaired) electrons. The number of amides is 1. The summed E-state index contributed by atoms with van der Waals surface area (Å²) in [6.45, 7) is 1.18. The number of aromatic hydroxyl groups is 1. The molecule has 1 atom stereocenters. The number of rotatable bonds is 12. The molecule has 0 spiro atoms. The molecule has 0 aliphatic heterocycles. The lowest BCUT2D eigenvalue weighted by atomic mass is 10.1. The topological polar surface area (TPSA) is 131 Å². The van der Waals surface area contributed by atoms with E-state index in [2.05, 4.69) is 5.32 Å². The van der Waals surface area contributed by atoms with Crippen molar-refractivity contribution < 1.29 is 38.8 Å². The Kier molecular flexibility index (Phi) is 9.73. The highest BCUT2D eigenvalue weighted by Crippen LogP contribution is 2.12. The number of carboxylic acids is 1. The summed E-state index contributed by atoms with van der Waals surface area (Å²) in [4.78, 5) is 34.2. The molecule has 1 amide bonds. The van der Waals surface area contributed by atoms with E-state index in [1.807, 2.05) is 0 Å². The van der Waals surface area contributed by atoms with E-state index in [-0.39, 0.29) is 38.6 Å². The number of aliphatic carboxylic acids is 1. The van der Waals surface area contributed by atoms with E-state index in [0.29, 0.717) is 0 Å². The predicted molar refractivity (Wildman–Crippen MR) is 89.6 cm³/mol. The van der Waals surface area contributed by atoms with Crippen molar-refractivity contribution in [2.24, 2.45) is 0 Å². The van der Waals surface area contributed by atoms with Crippen LogP contribution in [0.2, 0.25) is 0 Å². The van der Waals surface area contributed by atoms with Gasteiger partial charge in [0.05, 0.1) is 19.8 Å². The monoisotopic (exact) mass is 369 g/mol. The van der Waals surface area contributed by atoms with Crippen LogP contribution in [0.15, 0.2) is 24.3 Å². The van der Waals surface area contributed by atoms with Gasteiger partial charge in [0.15, 0.2) is 0 Å². The molecule has 1 rings (SSSR count). The van der Waals surface area contributed by atoms with Gasteiger partial charge in [-0.1, -0.05) is 12.1 Å². The first-order valence-corrected chi connectivity index (χ1v) is 8.03. The maximum absolute atomic E-state index is 12.0. The Morgan fingerprint density at radius 1 is 1.08 bits per heavy atom. The lowest BCUT2D eigenvalue weighted by Gasteiger charge is -2.17. The largest absolute Gasteiger partial charge is 0.508 e. The summed E-state index contributed by atoms with van der Waals surface area (Å²) in [6, 6.07) is 5.37. The average Bonchev–Trinajstić information content (AvgIpc) is 2.59. The molecule has 144 valence electrons. The van der Waals surface area contributed by atoms with E-state index in [9.17, 15) is 19.5 Å². The van der Waals surface area contributed by atoms with Gasteiger partial charge in [-0.25, -0.2) is 9.59 Å². The van der Waals surface area contributed by atoms with E-state index >= 15 is 0 Å². The zero-order valence-corrected chi connectivity index (χ0v) is 14.5. The molecule has 9 nitrogen and oxygen atoms in total.